The normalized spacial score (nSPS) is 38.8. The molecule has 0 aromatic heterocycles. The summed E-state index contributed by atoms with van der Waals surface area (Å²) in [6.45, 7) is 5.50. The number of thioether (sulfide) groups is 1. The van der Waals surface area contributed by atoms with Crippen molar-refractivity contribution in [3.63, 3.8) is 0 Å². The van der Waals surface area contributed by atoms with Gasteiger partial charge in [0.15, 0.2) is 0 Å². The van der Waals surface area contributed by atoms with Crippen LogP contribution in [-0.4, -0.2) is 49.5 Å². The fraction of sp³-hybridized carbons (Fsp3) is 1.00. The smallest absolute Gasteiger partial charge is 0.0933 e. The van der Waals surface area contributed by atoms with Gasteiger partial charge in [-0.2, -0.15) is 11.8 Å². The molecule has 2 heterocycles. The third-order valence-electron chi connectivity index (χ3n) is 2.87. The third-order valence-corrected chi connectivity index (χ3v) is 4.19. The van der Waals surface area contributed by atoms with Crippen molar-refractivity contribution in [2.45, 2.75) is 30.7 Å². The molecule has 2 aliphatic heterocycles. The van der Waals surface area contributed by atoms with Crippen LogP contribution < -0.4 is 5.32 Å². The van der Waals surface area contributed by atoms with Crippen molar-refractivity contribution in [2.24, 2.45) is 0 Å². The maximum atomic E-state index is 5.58. The van der Waals surface area contributed by atoms with Crippen molar-refractivity contribution in [3.8, 4) is 0 Å². The maximum Gasteiger partial charge on any atom is 0.0933 e. The van der Waals surface area contributed by atoms with E-state index in [4.69, 9.17) is 9.47 Å². The van der Waals surface area contributed by atoms with Crippen molar-refractivity contribution in [3.05, 3.63) is 0 Å². The molecular formula is C10H19NO2S. The molecule has 3 nitrogen and oxygen atoms in total. The van der Waals surface area contributed by atoms with Crippen LogP contribution in [0.5, 0.6) is 0 Å². The van der Waals surface area contributed by atoms with Crippen molar-refractivity contribution in [1.82, 2.24) is 5.32 Å². The van der Waals surface area contributed by atoms with E-state index in [0.717, 1.165) is 31.6 Å². The van der Waals surface area contributed by atoms with Gasteiger partial charge < -0.3 is 14.8 Å². The molecule has 0 aliphatic carbocycles. The number of hydrogen-bond donors (Lipinski definition) is 1. The number of hydrogen-bond acceptors (Lipinski definition) is 4. The van der Waals surface area contributed by atoms with Gasteiger partial charge >= 0.3 is 0 Å². The number of rotatable bonds is 3. The van der Waals surface area contributed by atoms with Gasteiger partial charge in [0.05, 0.1) is 25.9 Å². The van der Waals surface area contributed by atoms with E-state index in [9.17, 15) is 0 Å². The second-order valence-electron chi connectivity index (χ2n) is 3.95. The van der Waals surface area contributed by atoms with Crippen molar-refractivity contribution in [1.29, 1.82) is 0 Å². The molecule has 0 spiro atoms. The Morgan fingerprint density at radius 1 is 1.43 bits per heavy atom. The summed E-state index contributed by atoms with van der Waals surface area (Å²) in [6, 6.07) is 0.672. The standard InChI is InChI=1S/C10H19NO2S/c1-8-10(2-5-14-8)11-6-9-7-12-3-4-13-9/h8-11H,2-7H2,1H3. The summed E-state index contributed by atoms with van der Waals surface area (Å²) in [4.78, 5) is 0. The molecule has 0 radical (unpaired) electrons. The molecule has 3 atom stereocenters. The summed E-state index contributed by atoms with van der Waals surface area (Å²) in [5.41, 5.74) is 0. The quantitative estimate of drug-likeness (QED) is 0.760. The average molecular weight is 217 g/mol. The Balaban J connectivity index is 1.65. The Bertz CT molecular complexity index is 174. The predicted molar refractivity (Wildman–Crippen MR) is 58.9 cm³/mol. The highest BCUT2D eigenvalue weighted by molar-refractivity contribution is 8.00. The Kier molecular flexibility index (Phi) is 4.10. The van der Waals surface area contributed by atoms with E-state index < -0.39 is 0 Å². The van der Waals surface area contributed by atoms with Crippen LogP contribution in [0.3, 0.4) is 0 Å². The summed E-state index contributed by atoms with van der Waals surface area (Å²) < 4.78 is 10.9. The zero-order valence-electron chi connectivity index (χ0n) is 8.70. The molecule has 14 heavy (non-hydrogen) atoms. The second-order valence-corrected chi connectivity index (χ2v) is 5.43. The van der Waals surface area contributed by atoms with Crippen LogP contribution in [0.2, 0.25) is 0 Å². The molecule has 2 aliphatic rings. The molecule has 2 fully saturated rings. The summed E-state index contributed by atoms with van der Waals surface area (Å²) in [7, 11) is 0. The van der Waals surface area contributed by atoms with Gasteiger partial charge in [0, 0.05) is 17.8 Å². The van der Waals surface area contributed by atoms with Crippen LogP contribution in [0, 0.1) is 0 Å². The van der Waals surface area contributed by atoms with Crippen LogP contribution in [0.25, 0.3) is 0 Å². The lowest BCUT2D eigenvalue weighted by atomic mass is 10.1. The van der Waals surface area contributed by atoms with Gasteiger partial charge in [0.25, 0.3) is 0 Å². The van der Waals surface area contributed by atoms with E-state index >= 15 is 0 Å². The second kappa shape index (κ2) is 5.35. The molecule has 0 amide bonds. The monoisotopic (exact) mass is 217 g/mol. The molecule has 0 aromatic rings. The molecule has 0 saturated carbocycles. The van der Waals surface area contributed by atoms with E-state index in [1.54, 1.807) is 0 Å². The van der Waals surface area contributed by atoms with Crippen molar-refractivity contribution in [2.75, 3.05) is 32.1 Å². The molecule has 4 heteroatoms. The van der Waals surface area contributed by atoms with Gasteiger partial charge in [0.1, 0.15) is 0 Å². The minimum absolute atomic E-state index is 0.265. The van der Waals surface area contributed by atoms with Gasteiger partial charge in [-0.1, -0.05) is 6.92 Å². The van der Waals surface area contributed by atoms with Crippen LogP contribution >= 0.6 is 11.8 Å². The fourth-order valence-corrected chi connectivity index (χ4v) is 3.16. The number of ether oxygens (including phenoxy) is 2. The lowest BCUT2D eigenvalue weighted by Gasteiger charge is -2.25. The SMILES string of the molecule is CC1SCCC1NCC1COCCO1. The summed E-state index contributed by atoms with van der Waals surface area (Å²) in [5, 5.41) is 4.32. The van der Waals surface area contributed by atoms with Gasteiger partial charge in [-0.25, -0.2) is 0 Å². The van der Waals surface area contributed by atoms with Crippen LogP contribution in [-0.2, 0) is 9.47 Å². The largest absolute Gasteiger partial charge is 0.376 e. The van der Waals surface area contributed by atoms with Crippen LogP contribution in [0.15, 0.2) is 0 Å². The molecule has 1 N–H and O–H groups in total. The van der Waals surface area contributed by atoms with E-state index in [2.05, 4.69) is 24.0 Å². The molecule has 82 valence electrons. The first kappa shape index (κ1) is 10.7. The van der Waals surface area contributed by atoms with Crippen LogP contribution in [0.1, 0.15) is 13.3 Å². The third kappa shape index (κ3) is 2.86. The van der Waals surface area contributed by atoms with Crippen LogP contribution in [0.4, 0.5) is 0 Å². The Labute approximate surface area is 89.9 Å². The highest BCUT2D eigenvalue weighted by Gasteiger charge is 2.24. The lowest BCUT2D eigenvalue weighted by Crippen LogP contribution is -2.43. The summed E-state index contributed by atoms with van der Waals surface area (Å²) >= 11 is 2.06. The molecule has 2 saturated heterocycles. The molecular weight excluding hydrogens is 198 g/mol. The molecule has 0 aromatic carbocycles. The first-order valence-corrected chi connectivity index (χ1v) is 6.45. The van der Waals surface area contributed by atoms with E-state index in [1.807, 2.05) is 0 Å². The summed E-state index contributed by atoms with van der Waals surface area (Å²) in [5.74, 6) is 1.29. The van der Waals surface area contributed by atoms with E-state index in [-0.39, 0.29) is 6.10 Å². The minimum atomic E-state index is 0.265. The first-order valence-electron chi connectivity index (χ1n) is 5.40. The minimum Gasteiger partial charge on any atom is -0.376 e. The zero-order chi connectivity index (χ0) is 9.80. The van der Waals surface area contributed by atoms with E-state index in [0.29, 0.717) is 6.04 Å². The fourth-order valence-electron chi connectivity index (χ4n) is 1.94. The van der Waals surface area contributed by atoms with Crippen molar-refractivity contribution >= 4 is 11.8 Å². The summed E-state index contributed by atoms with van der Waals surface area (Å²) in [6.07, 6.45) is 1.56. The first-order chi connectivity index (χ1) is 6.86. The molecule has 0 bridgehead atoms. The average Bonchev–Trinajstić information content (AvgIpc) is 2.63. The maximum absolute atomic E-state index is 5.58. The molecule has 3 unspecified atom stereocenters. The Hall–Kier alpha value is 0.230. The van der Waals surface area contributed by atoms with Gasteiger partial charge in [-0.3, -0.25) is 0 Å². The highest BCUT2D eigenvalue weighted by atomic mass is 32.2. The molecule has 2 rings (SSSR count). The number of nitrogens with one attached hydrogen (secondary N) is 1. The van der Waals surface area contributed by atoms with Gasteiger partial charge in [-0.15, -0.1) is 0 Å². The Morgan fingerprint density at radius 3 is 3.00 bits per heavy atom. The predicted octanol–water partition coefficient (Wildman–Crippen LogP) is 0.885. The van der Waals surface area contributed by atoms with Gasteiger partial charge in [-0.05, 0) is 12.2 Å². The van der Waals surface area contributed by atoms with Gasteiger partial charge in [0.2, 0.25) is 0 Å². The lowest BCUT2D eigenvalue weighted by molar-refractivity contribution is -0.0870. The highest BCUT2D eigenvalue weighted by Crippen LogP contribution is 2.25. The van der Waals surface area contributed by atoms with Crippen molar-refractivity contribution < 1.29 is 9.47 Å². The topological polar surface area (TPSA) is 30.5 Å². The Morgan fingerprint density at radius 2 is 2.36 bits per heavy atom. The van der Waals surface area contributed by atoms with E-state index in [1.165, 1.54) is 12.2 Å². The zero-order valence-corrected chi connectivity index (χ0v) is 9.52.